The summed E-state index contributed by atoms with van der Waals surface area (Å²) in [6.45, 7) is 3.89. The van der Waals surface area contributed by atoms with Crippen molar-refractivity contribution in [3.63, 3.8) is 0 Å². The van der Waals surface area contributed by atoms with Crippen molar-refractivity contribution in [1.29, 1.82) is 0 Å². The van der Waals surface area contributed by atoms with Gasteiger partial charge in [-0.3, -0.25) is 14.5 Å². The lowest BCUT2D eigenvalue weighted by molar-refractivity contribution is -0.149. The molecule has 2 aromatic heterocycles. The van der Waals surface area contributed by atoms with Gasteiger partial charge in [-0.2, -0.15) is 0 Å². The minimum absolute atomic E-state index is 0.0179. The number of carbonyl (C=O) groups excluding carboxylic acids is 2. The number of hydrogen-bond acceptors (Lipinski definition) is 6. The molecule has 3 heterocycles. The van der Waals surface area contributed by atoms with Crippen molar-refractivity contribution in [2.45, 2.75) is 51.5 Å². The molecular weight excluding hydrogens is 460 g/mol. The zero-order valence-electron chi connectivity index (χ0n) is 20.1. The van der Waals surface area contributed by atoms with Crippen LogP contribution in [0.3, 0.4) is 0 Å². The van der Waals surface area contributed by atoms with E-state index in [2.05, 4.69) is 34.5 Å². The highest BCUT2D eigenvalue weighted by Gasteiger charge is 2.35. The van der Waals surface area contributed by atoms with E-state index in [0.717, 1.165) is 50.2 Å². The molecule has 1 N–H and O–H groups in total. The lowest BCUT2D eigenvalue weighted by Crippen LogP contribution is -2.40. The Kier molecular flexibility index (Phi) is 7.35. The minimum atomic E-state index is -0.220. The van der Waals surface area contributed by atoms with Gasteiger partial charge in [0, 0.05) is 10.4 Å². The third-order valence-corrected chi connectivity index (χ3v) is 8.31. The Labute approximate surface area is 210 Å². The number of anilines is 1. The number of thiophene rings is 1. The van der Waals surface area contributed by atoms with Crippen LogP contribution >= 0.6 is 11.3 Å². The fourth-order valence-corrected chi connectivity index (χ4v) is 6.71. The number of likely N-dealkylation sites (tertiary alicyclic amines) is 1. The Hall–Kier alpha value is -2.90. The molecule has 6 nitrogen and oxygen atoms in total. The lowest BCUT2D eigenvalue weighted by Gasteiger charge is -2.38. The summed E-state index contributed by atoms with van der Waals surface area (Å²) in [5, 5.41) is 4.10. The zero-order chi connectivity index (χ0) is 24.2. The molecular formula is C28H32N2O4S. The second kappa shape index (κ2) is 10.8. The highest BCUT2D eigenvalue weighted by Crippen LogP contribution is 2.46. The van der Waals surface area contributed by atoms with E-state index < -0.39 is 0 Å². The van der Waals surface area contributed by atoms with E-state index in [0.29, 0.717) is 12.4 Å². The zero-order valence-corrected chi connectivity index (χ0v) is 20.9. The highest BCUT2D eigenvalue weighted by atomic mass is 32.1. The van der Waals surface area contributed by atoms with Gasteiger partial charge in [0.1, 0.15) is 5.00 Å². The Balaban J connectivity index is 1.51. The monoisotopic (exact) mass is 492 g/mol. The third-order valence-electron chi connectivity index (χ3n) is 7.09. The summed E-state index contributed by atoms with van der Waals surface area (Å²) in [5.74, 6) is -0.0311. The van der Waals surface area contributed by atoms with Crippen LogP contribution in [-0.4, -0.2) is 36.5 Å². The van der Waals surface area contributed by atoms with Crippen LogP contribution in [0.5, 0.6) is 0 Å². The maximum Gasteiger partial charge on any atom is 0.309 e. The van der Waals surface area contributed by atoms with Crippen LogP contribution in [0, 0.1) is 5.92 Å². The summed E-state index contributed by atoms with van der Waals surface area (Å²) in [4.78, 5) is 29.2. The van der Waals surface area contributed by atoms with Crippen LogP contribution in [0.25, 0.3) is 0 Å². The van der Waals surface area contributed by atoms with Gasteiger partial charge in [0.05, 0.1) is 24.8 Å². The quantitative estimate of drug-likeness (QED) is 0.420. The molecule has 1 aromatic carbocycles. The first kappa shape index (κ1) is 23.8. The topological polar surface area (TPSA) is 71.8 Å². The summed E-state index contributed by atoms with van der Waals surface area (Å²) in [6.07, 6.45) is 7.51. The summed E-state index contributed by atoms with van der Waals surface area (Å²) < 4.78 is 10.7. The molecule has 1 amide bonds. The van der Waals surface area contributed by atoms with Crippen LogP contribution in [0.2, 0.25) is 0 Å². The van der Waals surface area contributed by atoms with Crippen molar-refractivity contribution in [3.8, 4) is 0 Å². The van der Waals surface area contributed by atoms with Gasteiger partial charge in [-0.25, -0.2) is 0 Å². The van der Waals surface area contributed by atoms with Crippen molar-refractivity contribution in [3.05, 3.63) is 76.1 Å². The largest absolute Gasteiger partial charge is 0.466 e. The standard InChI is InChI=1S/C28H32N2O4S/c1-2-33-28(32)20-14-16-30(17-15-20)25(19-9-4-3-5-10-19)24-21-11-6-7-13-23(21)35-27(24)29-26(31)22-12-8-18-34-22/h3-5,8-10,12,18,20,25H,2,6-7,11,13-17H2,1H3,(H,29,31)/t25-/m0/s1. The van der Waals surface area contributed by atoms with Crippen molar-refractivity contribution in [2.24, 2.45) is 5.92 Å². The Bertz CT molecular complexity index is 1150. The number of ether oxygens (including phenoxy) is 1. The number of hydrogen-bond donors (Lipinski definition) is 1. The molecule has 184 valence electrons. The third kappa shape index (κ3) is 5.07. The van der Waals surface area contributed by atoms with Gasteiger partial charge < -0.3 is 14.5 Å². The number of nitrogens with zero attached hydrogens (tertiary/aromatic N) is 1. The predicted molar refractivity (Wildman–Crippen MR) is 137 cm³/mol. The first-order chi connectivity index (χ1) is 17.2. The summed E-state index contributed by atoms with van der Waals surface area (Å²) in [5.41, 5.74) is 3.81. The number of benzene rings is 1. The van der Waals surface area contributed by atoms with Crippen molar-refractivity contribution >= 4 is 28.2 Å². The van der Waals surface area contributed by atoms with E-state index in [1.54, 1.807) is 23.5 Å². The maximum absolute atomic E-state index is 13.0. The molecule has 1 fully saturated rings. The molecule has 1 aliphatic heterocycles. The minimum Gasteiger partial charge on any atom is -0.466 e. The highest BCUT2D eigenvalue weighted by molar-refractivity contribution is 7.16. The molecule has 7 heteroatoms. The fraction of sp³-hybridized carbons (Fsp3) is 0.429. The molecule has 1 saturated heterocycles. The number of nitrogens with one attached hydrogen (secondary N) is 1. The smallest absolute Gasteiger partial charge is 0.309 e. The molecule has 0 radical (unpaired) electrons. The van der Waals surface area contributed by atoms with Crippen LogP contribution in [0.4, 0.5) is 5.00 Å². The first-order valence-corrected chi connectivity index (χ1v) is 13.4. The summed E-state index contributed by atoms with van der Waals surface area (Å²) in [7, 11) is 0. The Morgan fingerprint density at radius 1 is 1.11 bits per heavy atom. The van der Waals surface area contributed by atoms with Gasteiger partial charge >= 0.3 is 5.97 Å². The number of piperidine rings is 1. The average molecular weight is 493 g/mol. The first-order valence-electron chi connectivity index (χ1n) is 12.6. The molecule has 0 unspecified atom stereocenters. The molecule has 1 aliphatic carbocycles. The van der Waals surface area contributed by atoms with Crippen LogP contribution in [-0.2, 0) is 22.4 Å². The van der Waals surface area contributed by atoms with Gasteiger partial charge in [-0.1, -0.05) is 30.3 Å². The lowest BCUT2D eigenvalue weighted by atomic mass is 9.87. The fourth-order valence-electron chi connectivity index (χ4n) is 5.39. The van der Waals surface area contributed by atoms with Gasteiger partial charge in [0.25, 0.3) is 5.91 Å². The SMILES string of the molecule is CCOC(=O)C1CCN([C@@H](c2ccccc2)c2c(NC(=O)c3ccco3)sc3c2CCCC3)CC1. The van der Waals surface area contributed by atoms with Gasteiger partial charge in [0.2, 0.25) is 0 Å². The molecule has 0 spiro atoms. The van der Waals surface area contributed by atoms with E-state index in [4.69, 9.17) is 9.15 Å². The van der Waals surface area contributed by atoms with Crippen LogP contribution in [0.15, 0.2) is 53.1 Å². The Morgan fingerprint density at radius 3 is 2.60 bits per heavy atom. The summed E-state index contributed by atoms with van der Waals surface area (Å²) >= 11 is 1.71. The second-order valence-corrected chi connectivity index (χ2v) is 10.4. The van der Waals surface area contributed by atoms with Crippen LogP contribution < -0.4 is 5.32 Å². The van der Waals surface area contributed by atoms with Gasteiger partial charge in [0.15, 0.2) is 5.76 Å². The molecule has 5 rings (SSSR count). The van der Waals surface area contributed by atoms with Crippen molar-refractivity contribution in [1.82, 2.24) is 4.90 Å². The molecule has 2 aliphatic rings. The van der Waals surface area contributed by atoms with E-state index in [1.807, 2.05) is 13.0 Å². The molecule has 35 heavy (non-hydrogen) atoms. The number of aryl methyl sites for hydroxylation is 1. The number of furan rings is 1. The number of rotatable bonds is 7. The number of amides is 1. The average Bonchev–Trinajstić information content (AvgIpc) is 3.55. The Morgan fingerprint density at radius 2 is 1.89 bits per heavy atom. The normalized spacial score (nSPS) is 17.5. The molecule has 3 aromatic rings. The molecule has 0 bridgehead atoms. The number of carbonyl (C=O) groups is 2. The van der Waals surface area contributed by atoms with Gasteiger partial charge in [-0.15, -0.1) is 11.3 Å². The number of fused-ring (bicyclic) bond motifs is 1. The van der Waals surface area contributed by atoms with E-state index in [1.165, 1.54) is 34.3 Å². The maximum atomic E-state index is 13.0. The van der Waals surface area contributed by atoms with Crippen LogP contribution in [0.1, 0.15) is 70.8 Å². The number of esters is 1. The predicted octanol–water partition coefficient (Wildman–Crippen LogP) is 5.84. The van der Waals surface area contributed by atoms with E-state index in [-0.39, 0.29) is 23.8 Å². The van der Waals surface area contributed by atoms with E-state index >= 15 is 0 Å². The second-order valence-electron chi connectivity index (χ2n) is 9.26. The van der Waals surface area contributed by atoms with Crippen molar-refractivity contribution in [2.75, 3.05) is 25.0 Å². The molecule has 1 atom stereocenters. The van der Waals surface area contributed by atoms with E-state index in [9.17, 15) is 9.59 Å². The van der Waals surface area contributed by atoms with Gasteiger partial charge in [-0.05, 0) is 81.8 Å². The van der Waals surface area contributed by atoms with Crippen molar-refractivity contribution < 1.29 is 18.7 Å². The molecule has 0 saturated carbocycles. The summed E-state index contributed by atoms with van der Waals surface area (Å²) in [6, 6.07) is 14.0.